The van der Waals surface area contributed by atoms with Crippen LogP contribution in [0.2, 0.25) is 0 Å². The summed E-state index contributed by atoms with van der Waals surface area (Å²) in [5.41, 5.74) is 2.68. The fraction of sp³-hybridized carbons (Fsp3) is 0.550. The van der Waals surface area contributed by atoms with E-state index in [-0.39, 0.29) is 0 Å². The van der Waals surface area contributed by atoms with Crippen LogP contribution in [0, 0.1) is 0 Å². The third-order valence-electron chi connectivity index (χ3n) is 5.72. The van der Waals surface area contributed by atoms with Gasteiger partial charge in [-0.3, -0.25) is 9.69 Å². The maximum absolute atomic E-state index is 12.4. The minimum absolute atomic E-state index is 0.334. The third kappa shape index (κ3) is 3.20. The number of carbonyl (C=O) groups excluding carboxylic acids is 1. The molecule has 3 heterocycles. The largest absolute Gasteiger partial charge is 0.361 e. The summed E-state index contributed by atoms with van der Waals surface area (Å²) in [7, 11) is 0. The van der Waals surface area contributed by atoms with E-state index in [0.29, 0.717) is 18.4 Å². The summed E-state index contributed by atoms with van der Waals surface area (Å²) < 4.78 is 0. The predicted molar refractivity (Wildman–Crippen MR) is 97.1 cm³/mol. The molecule has 0 unspecified atom stereocenters. The van der Waals surface area contributed by atoms with E-state index in [0.717, 1.165) is 39.0 Å². The molecule has 24 heavy (non-hydrogen) atoms. The summed E-state index contributed by atoms with van der Waals surface area (Å²) in [6, 6.07) is 8.56. The number of H-pyrrole nitrogens is 1. The number of rotatable bonds is 3. The van der Waals surface area contributed by atoms with Gasteiger partial charge in [-0.15, -0.1) is 0 Å². The smallest absolute Gasteiger partial charge is 0.236 e. The molecule has 1 aromatic carbocycles. The van der Waals surface area contributed by atoms with Crippen LogP contribution < -0.4 is 0 Å². The molecule has 0 saturated carbocycles. The van der Waals surface area contributed by atoms with Crippen LogP contribution in [0.3, 0.4) is 0 Å². The van der Waals surface area contributed by atoms with Gasteiger partial charge in [0.15, 0.2) is 0 Å². The summed E-state index contributed by atoms with van der Waals surface area (Å²) in [5, 5.41) is 1.36. The van der Waals surface area contributed by atoms with Gasteiger partial charge in [-0.05, 0) is 62.7 Å². The second-order valence-corrected chi connectivity index (χ2v) is 7.28. The zero-order valence-electron chi connectivity index (χ0n) is 14.3. The summed E-state index contributed by atoms with van der Waals surface area (Å²) >= 11 is 0. The molecule has 1 amide bonds. The van der Waals surface area contributed by atoms with Gasteiger partial charge in [-0.25, -0.2) is 0 Å². The van der Waals surface area contributed by atoms with Crippen LogP contribution in [0.5, 0.6) is 0 Å². The van der Waals surface area contributed by atoms with E-state index in [4.69, 9.17) is 0 Å². The highest BCUT2D eigenvalue weighted by atomic mass is 16.2. The molecule has 2 aromatic rings. The Balaban J connectivity index is 1.34. The Morgan fingerprint density at radius 1 is 1.04 bits per heavy atom. The van der Waals surface area contributed by atoms with Crippen LogP contribution >= 0.6 is 0 Å². The molecule has 2 aliphatic rings. The second kappa shape index (κ2) is 6.98. The average Bonchev–Trinajstić information content (AvgIpc) is 3.07. The van der Waals surface area contributed by atoms with Gasteiger partial charge < -0.3 is 9.88 Å². The topological polar surface area (TPSA) is 39.3 Å². The first kappa shape index (κ1) is 15.7. The monoisotopic (exact) mass is 325 g/mol. The predicted octanol–water partition coefficient (Wildman–Crippen LogP) is 3.36. The zero-order chi connectivity index (χ0) is 16.4. The minimum Gasteiger partial charge on any atom is -0.361 e. The molecule has 1 N–H and O–H groups in total. The van der Waals surface area contributed by atoms with Crippen LogP contribution in [0.1, 0.15) is 43.6 Å². The standard InChI is InChI=1S/C20H27N3O/c24-20(23-10-4-1-5-11-23)15-22-12-8-16(9-13-22)18-14-21-19-7-3-2-6-17(18)19/h2-3,6-7,14,16,21H,1,4-5,8-13,15H2. The minimum atomic E-state index is 0.334. The van der Waals surface area contributed by atoms with E-state index in [1.807, 2.05) is 0 Å². The first-order valence-electron chi connectivity index (χ1n) is 9.37. The molecule has 0 aliphatic carbocycles. The van der Waals surface area contributed by atoms with Crippen molar-refractivity contribution in [3.8, 4) is 0 Å². The second-order valence-electron chi connectivity index (χ2n) is 7.28. The van der Waals surface area contributed by atoms with Crippen molar-refractivity contribution in [2.75, 3.05) is 32.7 Å². The van der Waals surface area contributed by atoms with Crippen molar-refractivity contribution in [1.82, 2.24) is 14.8 Å². The van der Waals surface area contributed by atoms with E-state index in [1.54, 1.807) is 0 Å². The van der Waals surface area contributed by atoms with E-state index in [9.17, 15) is 4.79 Å². The molecule has 1 aromatic heterocycles. The molecule has 128 valence electrons. The normalized spacial score (nSPS) is 20.6. The molecule has 0 bridgehead atoms. The number of nitrogens with one attached hydrogen (secondary N) is 1. The Kier molecular flexibility index (Phi) is 4.56. The molecule has 0 radical (unpaired) electrons. The zero-order valence-corrected chi connectivity index (χ0v) is 14.3. The Labute approximate surface area is 143 Å². The Hall–Kier alpha value is -1.81. The average molecular weight is 325 g/mol. The Bertz CT molecular complexity index is 694. The van der Waals surface area contributed by atoms with Crippen molar-refractivity contribution in [1.29, 1.82) is 0 Å². The van der Waals surface area contributed by atoms with E-state index >= 15 is 0 Å². The molecular formula is C20H27N3O. The number of carbonyl (C=O) groups is 1. The first-order chi connectivity index (χ1) is 11.8. The number of hydrogen-bond acceptors (Lipinski definition) is 2. The van der Waals surface area contributed by atoms with Crippen molar-refractivity contribution in [3.05, 3.63) is 36.0 Å². The van der Waals surface area contributed by atoms with Gasteiger partial charge in [0, 0.05) is 30.2 Å². The maximum atomic E-state index is 12.4. The summed E-state index contributed by atoms with van der Waals surface area (Å²) in [4.78, 5) is 20.2. The lowest BCUT2D eigenvalue weighted by Crippen LogP contribution is -2.44. The molecule has 0 atom stereocenters. The van der Waals surface area contributed by atoms with Crippen molar-refractivity contribution < 1.29 is 4.79 Å². The van der Waals surface area contributed by atoms with Gasteiger partial charge >= 0.3 is 0 Å². The van der Waals surface area contributed by atoms with Gasteiger partial charge in [0.1, 0.15) is 0 Å². The number of benzene rings is 1. The third-order valence-corrected chi connectivity index (χ3v) is 5.72. The molecular weight excluding hydrogens is 298 g/mol. The van der Waals surface area contributed by atoms with Crippen molar-refractivity contribution >= 4 is 16.8 Å². The highest BCUT2D eigenvalue weighted by Crippen LogP contribution is 2.33. The van der Waals surface area contributed by atoms with E-state index in [1.165, 1.54) is 35.7 Å². The molecule has 2 fully saturated rings. The van der Waals surface area contributed by atoms with Crippen LogP contribution in [0.15, 0.2) is 30.5 Å². The van der Waals surface area contributed by atoms with Gasteiger partial charge in [0.05, 0.1) is 6.54 Å². The molecule has 2 aliphatic heterocycles. The summed E-state index contributed by atoms with van der Waals surface area (Å²) in [6.45, 7) is 4.60. The van der Waals surface area contributed by atoms with E-state index < -0.39 is 0 Å². The number of aromatic amines is 1. The number of para-hydroxylation sites is 1. The lowest BCUT2D eigenvalue weighted by Gasteiger charge is -2.34. The van der Waals surface area contributed by atoms with Crippen LogP contribution in [0.25, 0.3) is 10.9 Å². The molecule has 4 heteroatoms. The number of aromatic nitrogens is 1. The van der Waals surface area contributed by atoms with Gasteiger partial charge in [0.25, 0.3) is 0 Å². The number of nitrogens with zero attached hydrogens (tertiary/aromatic N) is 2. The Morgan fingerprint density at radius 3 is 2.58 bits per heavy atom. The SMILES string of the molecule is O=C(CN1CCC(c2c[nH]c3ccccc23)CC1)N1CCCCC1. The number of piperidine rings is 2. The van der Waals surface area contributed by atoms with Crippen LogP contribution in [0.4, 0.5) is 0 Å². The lowest BCUT2D eigenvalue weighted by molar-refractivity contribution is -0.133. The Morgan fingerprint density at radius 2 is 1.79 bits per heavy atom. The van der Waals surface area contributed by atoms with Crippen LogP contribution in [-0.2, 0) is 4.79 Å². The van der Waals surface area contributed by atoms with Gasteiger partial charge in [0.2, 0.25) is 5.91 Å². The number of amides is 1. The quantitative estimate of drug-likeness (QED) is 0.940. The lowest BCUT2D eigenvalue weighted by atomic mass is 9.89. The molecule has 4 rings (SSSR count). The van der Waals surface area contributed by atoms with E-state index in [2.05, 4.69) is 45.2 Å². The number of likely N-dealkylation sites (tertiary alicyclic amines) is 2. The summed E-state index contributed by atoms with van der Waals surface area (Å²) in [5.74, 6) is 0.947. The van der Waals surface area contributed by atoms with Gasteiger partial charge in [-0.2, -0.15) is 0 Å². The van der Waals surface area contributed by atoms with Crippen molar-refractivity contribution in [2.24, 2.45) is 0 Å². The van der Waals surface area contributed by atoms with Crippen LogP contribution in [-0.4, -0.2) is 53.4 Å². The molecule has 0 spiro atoms. The van der Waals surface area contributed by atoms with Gasteiger partial charge in [-0.1, -0.05) is 18.2 Å². The van der Waals surface area contributed by atoms with Crippen molar-refractivity contribution in [2.45, 2.75) is 38.0 Å². The fourth-order valence-electron chi connectivity index (χ4n) is 4.27. The number of hydrogen-bond donors (Lipinski definition) is 1. The first-order valence-corrected chi connectivity index (χ1v) is 9.37. The number of fused-ring (bicyclic) bond motifs is 1. The van der Waals surface area contributed by atoms with Crippen molar-refractivity contribution in [3.63, 3.8) is 0 Å². The highest BCUT2D eigenvalue weighted by Gasteiger charge is 2.25. The maximum Gasteiger partial charge on any atom is 0.236 e. The summed E-state index contributed by atoms with van der Waals surface area (Å²) in [6.07, 6.45) is 8.11. The molecule has 2 saturated heterocycles. The highest BCUT2D eigenvalue weighted by molar-refractivity contribution is 5.83. The fourth-order valence-corrected chi connectivity index (χ4v) is 4.27. The molecule has 4 nitrogen and oxygen atoms in total.